The zero-order valence-electron chi connectivity index (χ0n) is 37.9. The van der Waals surface area contributed by atoms with E-state index in [4.69, 9.17) is 14.4 Å². The van der Waals surface area contributed by atoms with E-state index in [1.165, 1.54) is 33.8 Å². The van der Waals surface area contributed by atoms with Crippen molar-refractivity contribution in [1.29, 1.82) is 0 Å². The Labute approximate surface area is 387 Å². The largest absolute Gasteiger partial charge is 0.438 e. The van der Waals surface area contributed by atoms with E-state index in [2.05, 4.69) is 27.4 Å². The number of piperidine rings is 1. The Hall–Kier alpha value is -6.44. The lowest BCUT2D eigenvalue weighted by atomic mass is 9.85. The van der Waals surface area contributed by atoms with Gasteiger partial charge in [-0.3, -0.25) is 23.3 Å². The van der Waals surface area contributed by atoms with Gasteiger partial charge in [0.15, 0.2) is 16.7 Å². The molecule has 0 amide bonds. The first-order chi connectivity index (χ1) is 32.7. The number of ether oxygens (including phenoxy) is 1. The SMILES string of the molecule is Cc1cc(-n2nc3c(c2-n2ccn(-c4ccc5c(cnn5C)c4F)c2=O)[C@@H]2CCC[C@H](C3)N2S(=O)(=O)c2cc3cc([C@@H]4CCOC5(CC5)C4)ccc3n2[C@]2(c3noc(=O)[nH]3)C[C@@H]2C)cc(C)c1F. The van der Waals surface area contributed by atoms with Gasteiger partial charge in [-0.2, -0.15) is 14.5 Å². The molecule has 350 valence electrons. The summed E-state index contributed by atoms with van der Waals surface area (Å²) in [6.45, 7) is 6.00. The van der Waals surface area contributed by atoms with Crippen LogP contribution in [0.4, 0.5) is 8.78 Å². The van der Waals surface area contributed by atoms with Crippen LogP contribution in [-0.2, 0) is 33.8 Å². The third-order valence-electron chi connectivity index (χ3n) is 15.8. The molecule has 5 atom stereocenters. The van der Waals surface area contributed by atoms with Crippen LogP contribution in [0.1, 0.15) is 104 Å². The van der Waals surface area contributed by atoms with Gasteiger partial charge in [-0.25, -0.2) is 31.5 Å². The maximum atomic E-state index is 16.3. The molecule has 3 aromatic carbocycles. The lowest BCUT2D eigenvalue weighted by molar-refractivity contribution is -0.0132. The number of benzene rings is 3. The highest BCUT2D eigenvalue weighted by atomic mass is 32.2. The number of halogens is 2. The van der Waals surface area contributed by atoms with Crippen LogP contribution < -0.4 is 11.4 Å². The number of fused-ring (bicyclic) bond motifs is 6. The number of H-pyrrole nitrogens is 1. The molecular weight excluding hydrogens is 895 g/mol. The van der Waals surface area contributed by atoms with E-state index in [-0.39, 0.29) is 57.4 Å². The minimum atomic E-state index is -4.43. The third-order valence-corrected chi connectivity index (χ3v) is 17.8. The fraction of sp³-hybridized carbons (Fsp3) is 0.408. The summed E-state index contributed by atoms with van der Waals surface area (Å²) in [5.74, 6) is -1.04. The number of imidazole rings is 1. The maximum absolute atomic E-state index is 16.3. The summed E-state index contributed by atoms with van der Waals surface area (Å²) in [6, 6.07) is 13.2. The lowest BCUT2D eigenvalue weighted by Crippen LogP contribution is -2.50. The van der Waals surface area contributed by atoms with Crippen molar-refractivity contribution in [3.8, 4) is 17.2 Å². The highest BCUT2D eigenvalue weighted by molar-refractivity contribution is 7.89. The Morgan fingerprint density at radius 3 is 2.41 bits per heavy atom. The predicted octanol–water partition coefficient (Wildman–Crippen LogP) is 7.28. The molecule has 16 nitrogen and oxygen atoms in total. The van der Waals surface area contributed by atoms with Gasteiger partial charge >= 0.3 is 11.4 Å². The molecule has 19 heteroatoms. The number of hydrogen-bond donors (Lipinski definition) is 1. The maximum Gasteiger partial charge on any atom is 0.438 e. The van der Waals surface area contributed by atoms with Gasteiger partial charge in [-0.1, -0.05) is 18.1 Å². The molecule has 8 heterocycles. The van der Waals surface area contributed by atoms with Gasteiger partial charge in [0.05, 0.1) is 51.3 Å². The molecule has 2 saturated heterocycles. The van der Waals surface area contributed by atoms with E-state index < -0.39 is 44.9 Å². The number of nitrogens with one attached hydrogen (secondary N) is 1. The molecule has 3 aliphatic heterocycles. The molecule has 5 aromatic heterocycles. The van der Waals surface area contributed by atoms with Gasteiger partial charge < -0.3 is 9.30 Å². The summed E-state index contributed by atoms with van der Waals surface area (Å²) < 4.78 is 84.2. The molecule has 1 spiro atoms. The van der Waals surface area contributed by atoms with Crippen LogP contribution in [0.15, 0.2) is 86.3 Å². The second-order valence-corrected chi connectivity index (χ2v) is 21.7. The Kier molecular flexibility index (Phi) is 8.78. The van der Waals surface area contributed by atoms with Crippen LogP contribution in [0.2, 0.25) is 0 Å². The zero-order chi connectivity index (χ0) is 46.8. The van der Waals surface area contributed by atoms with Gasteiger partial charge in [-0.05, 0) is 136 Å². The first-order valence-electron chi connectivity index (χ1n) is 23.4. The average Bonchev–Trinajstić information content (AvgIpc) is 3.73. The van der Waals surface area contributed by atoms with Crippen molar-refractivity contribution in [1.82, 2.24) is 47.7 Å². The summed E-state index contributed by atoms with van der Waals surface area (Å²) in [5.41, 5.74) is 3.08. The van der Waals surface area contributed by atoms with Crippen molar-refractivity contribution in [2.75, 3.05) is 6.61 Å². The van der Waals surface area contributed by atoms with Crippen LogP contribution in [0.3, 0.4) is 0 Å². The highest BCUT2D eigenvalue weighted by Crippen LogP contribution is 2.58. The van der Waals surface area contributed by atoms with Crippen LogP contribution >= 0.6 is 0 Å². The first-order valence-corrected chi connectivity index (χ1v) is 24.8. The predicted molar refractivity (Wildman–Crippen MR) is 245 cm³/mol. The Bertz CT molecular complexity index is 3660. The second-order valence-electron chi connectivity index (χ2n) is 19.9. The molecule has 8 aromatic rings. The molecule has 0 radical (unpaired) electrons. The number of nitrogens with zero attached hydrogens (tertiary/aromatic N) is 9. The Morgan fingerprint density at radius 2 is 1.68 bits per heavy atom. The van der Waals surface area contributed by atoms with Gasteiger partial charge in [0.25, 0.3) is 10.0 Å². The van der Waals surface area contributed by atoms with Crippen LogP contribution in [-0.4, -0.2) is 74.4 Å². The van der Waals surface area contributed by atoms with Gasteiger partial charge in [-0.15, -0.1) is 0 Å². The average molecular weight is 943 g/mol. The van der Waals surface area contributed by atoms with Gasteiger partial charge in [0.2, 0.25) is 0 Å². The minimum Gasteiger partial charge on any atom is -0.375 e. The first kappa shape index (κ1) is 41.7. The summed E-state index contributed by atoms with van der Waals surface area (Å²) in [4.78, 5) is 30.2. The molecule has 1 N–H and O–H groups in total. The Morgan fingerprint density at radius 1 is 0.912 bits per heavy atom. The monoisotopic (exact) mass is 942 g/mol. The zero-order valence-corrected chi connectivity index (χ0v) is 38.7. The van der Waals surface area contributed by atoms with Crippen molar-refractivity contribution in [3.63, 3.8) is 0 Å². The Balaban J connectivity index is 0.997. The molecule has 2 saturated carbocycles. The highest BCUT2D eigenvalue weighted by Gasteiger charge is 2.60. The smallest absolute Gasteiger partial charge is 0.375 e. The van der Waals surface area contributed by atoms with E-state index >= 15 is 17.2 Å². The number of aromatic amines is 1. The summed E-state index contributed by atoms with van der Waals surface area (Å²) in [7, 11) is -2.72. The van der Waals surface area contributed by atoms with E-state index in [0.29, 0.717) is 71.4 Å². The lowest BCUT2D eigenvalue weighted by Gasteiger charge is -2.44. The number of rotatable bonds is 8. The van der Waals surface area contributed by atoms with E-state index in [0.717, 1.165) is 36.6 Å². The van der Waals surface area contributed by atoms with Gasteiger partial charge in [0, 0.05) is 49.5 Å². The molecule has 5 aliphatic rings. The minimum absolute atomic E-state index is 0.0149. The topological polar surface area (TPSA) is 173 Å². The van der Waals surface area contributed by atoms with Crippen molar-refractivity contribution in [2.45, 2.75) is 113 Å². The van der Waals surface area contributed by atoms with Gasteiger partial charge in [0.1, 0.15) is 17.2 Å². The second kappa shape index (κ2) is 14.3. The number of sulfonamides is 1. The number of aryl methyl sites for hydroxylation is 3. The van der Waals surface area contributed by atoms with E-state index in [9.17, 15) is 9.59 Å². The van der Waals surface area contributed by atoms with E-state index in [1.807, 2.05) is 17.6 Å². The van der Waals surface area contributed by atoms with Crippen molar-refractivity contribution < 1.29 is 26.5 Å². The quantitative estimate of drug-likeness (QED) is 0.164. The molecule has 68 heavy (non-hydrogen) atoms. The number of aromatic nitrogens is 9. The molecule has 13 rings (SSSR count). The standard InChI is InChI=1S/C49H48F2N10O6S/c1-26-18-33(19-27(2)42(26)50)60-44(58-16-15-57(47(58)63)39-11-10-37-34(43(39)51)25-52-56(37)4)41-35(54-60)22-32-6-5-7-38(41)61(32)68(64,65)40-21-31-20-29(30-12-17-66-48(24-30)13-14-48)8-9-36(31)59(40)49(23-28(49)3)45-53-46(62)67-55-45/h8-11,15-16,18-21,25,28,30,32,38H,5-7,12-14,17,22-24H2,1-4H3,(H,53,55,62)/t28-,30+,32+,38-,49+/m0/s1. The normalized spacial score (nSPS) is 24.3. The van der Waals surface area contributed by atoms with Crippen LogP contribution in [0, 0.1) is 31.4 Å². The van der Waals surface area contributed by atoms with Crippen molar-refractivity contribution >= 4 is 31.8 Å². The van der Waals surface area contributed by atoms with Crippen LogP contribution in [0.5, 0.6) is 0 Å². The van der Waals surface area contributed by atoms with Crippen LogP contribution in [0.25, 0.3) is 39.0 Å². The molecule has 2 aliphatic carbocycles. The summed E-state index contributed by atoms with van der Waals surface area (Å²) >= 11 is 0. The van der Waals surface area contributed by atoms with Crippen molar-refractivity contribution in [2.24, 2.45) is 13.0 Å². The number of hydrogen-bond acceptors (Lipinski definition) is 9. The summed E-state index contributed by atoms with van der Waals surface area (Å²) in [5, 5.41) is 14.6. The molecule has 4 fully saturated rings. The van der Waals surface area contributed by atoms with Crippen molar-refractivity contribution in [3.05, 3.63) is 134 Å². The third kappa shape index (κ3) is 5.87. The van der Waals surface area contributed by atoms with E-state index in [1.54, 1.807) is 58.8 Å². The fourth-order valence-electron chi connectivity index (χ4n) is 12.2. The molecular formula is C49H48F2N10O6S. The molecule has 0 unspecified atom stereocenters. The summed E-state index contributed by atoms with van der Waals surface area (Å²) in [6.07, 6.45) is 10.7. The fourth-order valence-corrected chi connectivity index (χ4v) is 14.3. The molecule has 2 bridgehead atoms.